The first-order valence-electron chi connectivity index (χ1n) is 7.05. The highest BCUT2D eigenvalue weighted by molar-refractivity contribution is 5.89. The number of fused-ring (bicyclic) bond motifs is 1. The molecule has 0 bridgehead atoms. The molecule has 2 amide bonds. The van der Waals surface area contributed by atoms with Crippen LogP contribution in [-0.2, 0) is 17.9 Å². The number of carbonyl (C=O) groups excluding carboxylic acids is 1. The summed E-state index contributed by atoms with van der Waals surface area (Å²) in [5, 5.41) is 5.58. The molecule has 0 fully saturated rings. The summed E-state index contributed by atoms with van der Waals surface area (Å²) >= 11 is 0. The molecule has 1 aromatic heterocycles. The molecular formula is C15H18N4O3. The lowest BCUT2D eigenvalue weighted by molar-refractivity contribution is 0.00466. The number of anilines is 1. The maximum Gasteiger partial charge on any atom is 0.319 e. The Labute approximate surface area is 128 Å². The van der Waals surface area contributed by atoms with Gasteiger partial charge >= 0.3 is 6.03 Å². The van der Waals surface area contributed by atoms with Gasteiger partial charge in [-0.2, -0.15) is 0 Å². The van der Waals surface area contributed by atoms with Gasteiger partial charge in [-0.1, -0.05) is 0 Å². The molecule has 116 valence electrons. The van der Waals surface area contributed by atoms with Crippen LogP contribution < -0.4 is 15.4 Å². The Hall–Kier alpha value is -2.54. The van der Waals surface area contributed by atoms with Gasteiger partial charge < -0.3 is 24.7 Å². The number of imidazole rings is 1. The lowest BCUT2D eigenvalue weighted by atomic mass is 10.3. The molecule has 7 nitrogen and oxygen atoms in total. The summed E-state index contributed by atoms with van der Waals surface area (Å²) < 4.78 is 12.8. The minimum atomic E-state index is -0.259. The van der Waals surface area contributed by atoms with Gasteiger partial charge in [-0.25, -0.2) is 9.78 Å². The Morgan fingerprint density at radius 2 is 2.27 bits per heavy atom. The average molecular weight is 302 g/mol. The van der Waals surface area contributed by atoms with Crippen LogP contribution in [0.5, 0.6) is 5.75 Å². The topological polar surface area (TPSA) is 77.4 Å². The van der Waals surface area contributed by atoms with Gasteiger partial charge in [0.1, 0.15) is 18.2 Å². The molecule has 0 saturated carbocycles. The van der Waals surface area contributed by atoms with Crippen LogP contribution in [0.3, 0.4) is 0 Å². The molecule has 0 spiro atoms. The Bertz CT molecular complexity index is 638. The van der Waals surface area contributed by atoms with Gasteiger partial charge in [0.05, 0.1) is 19.8 Å². The van der Waals surface area contributed by atoms with Crippen molar-refractivity contribution in [3.05, 3.63) is 42.5 Å². The third-order valence-corrected chi connectivity index (χ3v) is 3.49. The fourth-order valence-corrected chi connectivity index (χ4v) is 2.29. The molecule has 2 aromatic rings. The second-order valence-corrected chi connectivity index (χ2v) is 4.99. The maximum atomic E-state index is 11.9. The first-order valence-corrected chi connectivity index (χ1v) is 7.05. The number of nitrogens with one attached hydrogen (secondary N) is 2. The molecule has 2 N–H and O–H groups in total. The summed E-state index contributed by atoms with van der Waals surface area (Å²) in [6, 6.07) is 6.90. The van der Waals surface area contributed by atoms with Gasteiger partial charge in [-0.05, 0) is 24.3 Å². The molecule has 0 unspecified atom stereocenters. The molecule has 1 atom stereocenters. The first-order chi connectivity index (χ1) is 10.7. The molecule has 0 aliphatic carbocycles. The number of carbonyl (C=O) groups is 1. The standard InChI is InChI=1S/C15H18N4O3/c1-21-12-4-2-11(3-5-12)18-15(20)17-8-13-9-19-7-6-16-14(19)10-22-13/h2-7,13H,8-10H2,1H3,(H2,17,18,20)/t13-/m0/s1. The van der Waals surface area contributed by atoms with Gasteiger partial charge in [-0.3, -0.25) is 0 Å². The Morgan fingerprint density at radius 1 is 1.45 bits per heavy atom. The van der Waals surface area contributed by atoms with Crippen molar-refractivity contribution in [1.29, 1.82) is 0 Å². The number of hydrogen-bond acceptors (Lipinski definition) is 4. The first kappa shape index (κ1) is 14.4. The number of rotatable bonds is 4. The van der Waals surface area contributed by atoms with E-state index >= 15 is 0 Å². The van der Waals surface area contributed by atoms with Crippen molar-refractivity contribution in [1.82, 2.24) is 14.9 Å². The smallest absolute Gasteiger partial charge is 0.319 e. The van der Waals surface area contributed by atoms with E-state index in [4.69, 9.17) is 9.47 Å². The van der Waals surface area contributed by atoms with Crippen molar-refractivity contribution in [3.63, 3.8) is 0 Å². The zero-order valence-electron chi connectivity index (χ0n) is 12.3. The highest BCUT2D eigenvalue weighted by Crippen LogP contribution is 2.15. The summed E-state index contributed by atoms with van der Waals surface area (Å²) in [6.07, 6.45) is 3.62. The highest BCUT2D eigenvalue weighted by atomic mass is 16.5. The largest absolute Gasteiger partial charge is 0.497 e. The van der Waals surface area contributed by atoms with Crippen LogP contribution in [0.1, 0.15) is 5.82 Å². The van der Waals surface area contributed by atoms with Gasteiger partial charge in [0.15, 0.2) is 0 Å². The normalized spacial score (nSPS) is 16.7. The predicted molar refractivity (Wildman–Crippen MR) is 80.8 cm³/mol. The second-order valence-electron chi connectivity index (χ2n) is 4.99. The van der Waals surface area contributed by atoms with E-state index in [-0.39, 0.29) is 12.1 Å². The van der Waals surface area contributed by atoms with E-state index in [1.807, 2.05) is 10.8 Å². The van der Waals surface area contributed by atoms with E-state index in [1.165, 1.54) is 0 Å². The number of ether oxygens (including phenoxy) is 2. The Morgan fingerprint density at radius 3 is 3.05 bits per heavy atom. The highest BCUT2D eigenvalue weighted by Gasteiger charge is 2.19. The van der Waals surface area contributed by atoms with Crippen LogP contribution in [0.15, 0.2) is 36.7 Å². The molecule has 0 radical (unpaired) electrons. The molecule has 1 aromatic carbocycles. The molecule has 2 heterocycles. The van der Waals surface area contributed by atoms with Crippen LogP contribution >= 0.6 is 0 Å². The van der Waals surface area contributed by atoms with Crippen molar-refractivity contribution >= 4 is 11.7 Å². The third kappa shape index (κ3) is 3.37. The predicted octanol–water partition coefficient (Wildman–Crippen LogP) is 1.61. The van der Waals surface area contributed by atoms with Crippen molar-refractivity contribution in [2.45, 2.75) is 19.3 Å². The average Bonchev–Trinajstić information content (AvgIpc) is 3.01. The van der Waals surface area contributed by atoms with Gasteiger partial charge in [0, 0.05) is 24.6 Å². The quantitative estimate of drug-likeness (QED) is 0.899. The van der Waals surface area contributed by atoms with E-state index in [9.17, 15) is 4.79 Å². The fourth-order valence-electron chi connectivity index (χ4n) is 2.29. The number of hydrogen-bond donors (Lipinski definition) is 2. The number of methoxy groups -OCH3 is 1. The zero-order valence-corrected chi connectivity index (χ0v) is 12.3. The molecule has 3 rings (SSSR count). The van der Waals surface area contributed by atoms with Crippen molar-refractivity contribution in [2.75, 3.05) is 19.0 Å². The number of urea groups is 1. The number of benzene rings is 1. The van der Waals surface area contributed by atoms with Crippen LogP contribution in [0.25, 0.3) is 0 Å². The molecule has 1 aliphatic heterocycles. The maximum absolute atomic E-state index is 11.9. The van der Waals surface area contributed by atoms with E-state index in [0.717, 1.165) is 11.6 Å². The summed E-state index contributed by atoms with van der Waals surface area (Å²) in [7, 11) is 1.60. The molecule has 7 heteroatoms. The third-order valence-electron chi connectivity index (χ3n) is 3.49. The number of aromatic nitrogens is 2. The molecule has 22 heavy (non-hydrogen) atoms. The summed E-state index contributed by atoms with van der Waals surface area (Å²) in [5.74, 6) is 1.66. The van der Waals surface area contributed by atoms with Crippen LogP contribution in [0, 0.1) is 0 Å². The molecule has 1 aliphatic rings. The van der Waals surface area contributed by atoms with Crippen LogP contribution in [0.2, 0.25) is 0 Å². The monoisotopic (exact) mass is 302 g/mol. The lowest BCUT2D eigenvalue weighted by Gasteiger charge is -2.24. The van der Waals surface area contributed by atoms with Crippen molar-refractivity contribution in [2.24, 2.45) is 0 Å². The van der Waals surface area contributed by atoms with Crippen molar-refractivity contribution in [3.8, 4) is 5.75 Å². The van der Waals surface area contributed by atoms with E-state index in [2.05, 4.69) is 15.6 Å². The Balaban J connectivity index is 1.46. The van der Waals surface area contributed by atoms with Gasteiger partial charge in [0.2, 0.25) is 0 Å². The fraction of sp³-hybridized carbons (Fsp3) is 0.333. The van der Waals surface area contributed by atoms with Crippen molar-refractivity contribution < 1.29 is 14.3 Å². The molecule has 0 saturated heterocycles. The van der Waals surface area contributed by atoms with E-state index in [0.29, 0.717) is 25.4 Å². The summed E-state index contributed by atoms with van der Waals surface area (Å²) in [4.78, 5) is 16.1. The number of nitrogens with zero attached hydrogens (tertiary/aromatic N) is 2. The summed E-state index contributed by atoms with van der Waals surface area (Å²) in [6.45, 7) is 1.61. The minimum Gasteiger partial charge on any atom is -0.497 e. The number of amides is 2. The molecular weight excluding hydrogens is 284 g/mol. The zero-order chi connectivity index (χ0) is 15.4. The van der Waals surface area contributed by atoms with Gasteiger partial charge in [0.25, 0.3) is 0 Å². The van der Waals surface area contributed by atoms with Crippen LogP contribution in [-0.4, -0.2) is 35.3 Å². The Kier molecular flexibility index (Phi) is 4.24. The van der Waals surface area contributed by atoms with E-state index in [1.54, 1.807) is 37.6 Å². The SMILES string of the molecule is COc1ccc(NC(=O)NC[C@H]2Cn3ccnc3CO2)cc1. The second kappa shape index (κ2) is 6.48. The lowest BCUT2D eigenvalue weighted by Crippen LogP contribution is -2.40. The van der Waals surface area contributed by atoms with Crippen LogP contribution in [0.4, 0.5) is 10.5 Å². The van der Waals surface area contributed by atoms with Gasteiger partial charge in [-0.15, -0.1) is 0 Å². The van der Waals surface area contributed by atoms with E-state index < -0.39 is 0 Å². The minimum absolute atomic E-state index is 0.0525. The summed E-state index contributed by atoms with van der Waals surface area (Å²) in [5.41, 5.74) is 0.708.